The van der Waals surface area contributed by atoms with E-state index in [0.29, 0.717) is 11.3 Å². The predicted molar refractivity (Wildman–Crippen MR) is 84.5 cm³/mol. The van der Waals surface area contributed by atoms with Crippen molar-refractivity contribution in [1.29, 1.82) is 0 Å². The number of carbonyl (C=O) groups excluding carboxylic acids is 1. The van der Waals surface area contributed by atoms with Gasteiger partial charge >= 0.3 is 0 Å². The molecule has 0 saturated heterocycles. The molecule has 118 valence electrons. The van der Waals surface area contributed by atoms with Crippen LogP contribution in [-0.4, -0.2) is 31.2 Å². The highest BCUT2D eigenvalue weighted by Crippen LogP contribution is 2.43. The van der Waals surface area contributed by atoms with Crippen LogP contribution in [0.2, 0.25) is 0 Å². The van der Waals surface area contributed by atoms with E-state index in [1.165, 1.54) is 9.71 Å². The van der Waals surface area contributed by atoms with Crippen molar-refractivity contribution in [1.82, 2.24) is 9.62 Å². The van der Waals surface area contributed by atoms with Gasteiger partial charge in [-0.15, -0.1) is 0 Å². The first-order valence-corrected chi connectivity index (χ1v) is 9.04. The van der Waals surface area contributed by atoms with Crippen molar-refractivity contribution >= 4 is 15.9 Å². The number of carbonyl (C=O) groups is 1. The van der Waals surface area contributed by atoms with E-state index < -0.39 is 15.6 Å². The fourth-order valence-corrected chi connectivity index (χ4v) is 4.90. The Kier molecular flexibility index (Phi) is 3.82. The molecule has 0 aromatic heterocycles. The Morgan fingerprint density at radius 3 is 2.41 bits per heavy atom. The van der Waals surface area contributed by atoms with Crippen LogP contribution in [0.4, 0.5) is 0 Å². The van der Waals surface area contributed by atoms with Crippen LogP contribution in [0.5, 0.6) is 0 Å². The minimum atomic E-state index is -3.45. The minimum absolute atomic E-state index is 0.262. The van der Waals surface area contributed by atoms with Gasteiger partial charge in [0, 0.05) is 12.6 Å². The first kappa shape index (κ1) is 15.2. The normalized spacial score (nSPS) is 23.2. The first-order valence-electron chi connectivity index (χ1n) is 7.53. The fraction of sp³-hybridized carbons (Fsp3) is 0.438. The number of hydrogen-bond donors (Lipinski definition) is 1. The van der Waals surface area contributed by atoms with Crippen LogP contribution in [-0.2, 0) is 10.0 Å². The maximum atomic E-state index is 12.4. The number of nitrogens with zero attached hydrogens (tertiary/aromatic N) is 1. The quantitative estimate of drug-likeness (QED) is 0.909. The van der Waals surface area contributed by atoms with Crippen LogP contribution < -0.4 is 5.32 Å². The highest BCUT2D eigenvalue weighted by molar-refractivity contribution is 7.92. The number of likely N-dealkylation sites (N-methyl/N-ethyl adjacent to an activating group) is 1. The maximum absolute atomic E-state index is 12.4. The average molecular weight is 320 g/mol. The summed E-state index contributed by atoms with van der Waals surface area (Å²) < 4.78 is 26.0. The van der Waals surface area contributed by atoms with Crippen LogP contribution in [0.1, 0.15) is 42.5 Å². The second kappa shape index (κ2) is 5.52. The summed E-state index contributed by atoms with van der Waals surface area (Å²) in [5, 5.41) is 4.06. The van der Waals surface area contributed by atoms with Crippen molar-refractivity contribution in [3.8, 4) is 0 Å². The number of rotatable bonds is 2. The summed E-state index contributed by atoms with van der Waals surface area (Å²) in [6, 6.07) is 8.86. The summed E-state index contributed by atoms with van der Waals surface area (Å²) in [5.74, 6) is -0.262. The number of benzene rings is 1. The van der Waals surface area contributed by atoms with Gasteiger partial charge in [-0.3, -0.25) is 4.79 Å². The summed E-state index contributed by atoms with van der Waals surface area (Å²) in [6.45, 7) is 0. The molecule has 0 atom stereocenters. The van der Waals surface area contributed by atoms with Gasteiger partial charge in [-0.1, -0.05) is 37.5 Å². The van der Waals surface area contributed by atoms with Crippen molar-refractivity contribution in [3.05, 3.63) is 47.0 Å². The number of sulfonamides is 1. The zero-order valence-corrected chi connectivity index (χ0v) is 13.4. The summed E-state index contributed by atoms with van der Waals surface area (Å²) in [6.07, 6.45) is 4.56. The third-order valence-electron chi connectivity index (χ3n) is 4.72. The molecule has 1 fully saturated rings. The topological polar surface area (TPSA) is 66.5 Å². The van der Waals surface area contributed by atoms with Gasteiger partial charge in [-0.05, 0) is 25.0 Å². The summed E-state index contributed by atoms with van der Waals surface area (Å²) in [4.78, 5) is 12.4. The highest BCUT2D eigenvalue weighted by atomic mass is 32.2. The zero-order chi connectivity index (χ0) is 15.8. The number of hydrogen-bond acceptors (Lipinski definition) is 3. The largest absolute Gasteiger partial charge is 0.323 e. The van der Waals surface area contributed by atoms with Gasteiger partial charge in [-0.25, -0.2) is 8.42 Å². The van der Waals surface area contributed by atoms with Crippen molar-refractivity contribution in [2.45, 2.75) is 37.6 Å². The Bertz CT molecular complexity index is 704. The van der Waals surface area contributed by atoms with Crippen LogP contribution in [0.25, 0.3) is 0 Å². The zero-order valence-electron chi connectivity index (χ0n) is 12.6. The van der Waals surface area contributed by atoms with Crippen LogP contribution in [0, 0.1) is 0 Å². The maximum Gasteiger partial charge on any atom is 0.255 e. The molecule has 3 rings (SSSR count). The van der Waals surface area contributed by atoms with Gasteiger partial charge in [0.1, 0.15) is 0 Å². The molecule has 0 unspecified atom stereocenters. The van der Waals surface area contributed by atoms with E-state index in [-0.39, 0.29) is 5.91 Å². The Hall–Kier alpha value is -1.66. The summed E-state index contributed by atoms with van der Waals surface area (Å²) >= 11 is 0. The molecule has 1 aliphatic heterocycles. The van der Waals surface area contributed by atoms with Gasteiger partial charge in [-0.2, -0.15) is 4.31 Å². The third-order valence-corrected chi connectivity index (χ3v) is 6.36. The predicted octanol–water partition coefficient (Wildman–Crippen LogP) is 2.24. The van der Waals surface area contributed by atoms with E-state index in [9.17, 15) is 13.2 Å². The van der Waals surface area contributed by atoms with Crippen LogP contribution in [0.3, 0.4) is 0 Å². The molecule has 1 saturated carbocycles. The molecule has 1 amide bonds. The van der Waals surface area contributed by atoms with E-state index in [0.717, 1.165) is 32.1 Å². The molecular weight excluding hydrogens is 300 g/mol. The Morgan fingerprint density at radius 2 is 1.77 bits per heavy atom. The van der Waals surface area contributed by atoms with Crippen molar-refractivity contribution < 1.29 is 13.2 Å². The van der Waals surface area contributed by atoms with Crippen molar-refractivity contribution in [2.24, 2.45) is 0 Å². The Morgan fingerprint density at radius 1 is 1.14 bits per heavy atom. The standard InChI is InChI=1S/C16H20N2O3S/c1-18-16(10-6-3-7-11-16)14(12-22(18,20)21)17-15(19)13-8-4-2-5-9-13/h2,4-5,8-9,12H,3,6-7,10-11H2,1H3,(H,17,19). The van der Waals surface area contributed by atoms with E-state index in [4.69, 9.17) is 0 Å². The summed E-state index contributed by atoms with van der Waals surface area (Å²) in [7, 11) is -1.84. The molecular formula is C16H20N2O3S. The average Bonchev–Trinajstić information content (AvgIpc) is 2.70. The molecule has 0 bridgehead atoms. The second-order valence-electron chi connectivity index (χ2n) is 5.96. The van der Waals surface area contributed by atoms with Crippen molar-refractivity contribution in [2.75, 3.05) is 7.05 Å². The van der Waals surface area contributed by atoms with E-state index >= 15 is 0 Å². The van der Waals surface area contributed by atoms with E-state index in [2.05, 4.69) is 5.32 Å². The molecule has 1 aromatic rings. The smallest absolute Gasteiger partial charge is 0.255 e. The molecule has 1 heterocycles. The van der Waals surface area contributed by atoms with E-state index in [1.54, 1.807) is 31.3 Å². The lowest BCUT2D eigenvalue weighted by molar-refractivity contribution is 0.0944. The molecule has 2 aliphatic rings. The lowest BCUT2D eigenvalue weighted by atomic mass is 9.79. The van der Waals surface area contributed by atoms with Crippen molar-refractivity contribution in [3.63, 3.8) is 0 Å². The molecule has 1 aliphatic carbocycles. The van der Waals surface area contributed by atoms with Crippen LogP contribution >= 0.6 is 0 Å². The Balaban J connectivity index is 1.92. The second-order valence-corrected chi connectivity index (χ2v) is 7.77. The van der Waals surface area contributed by atoms with Gasteiger partial charge in [0.05, 0.1) is 16.6 Å². The molecule has 1 N–H and O–H groups in total. The minimum Gasteiger partial charge on any atom is -0.323 e. The first-order chi connectivity index (χ1) is 10.5. The molecule has 6 heteroatoms. The SMILES string of the molecule is CN1C2(CCCCC2)C(NC(=O)c2ccccc2)=CS1(=O)=O. The van der Waals surface area contributed by atoms with Gasteiger partial charge in [0.25, 0.3) is 5.91 Å². The fourth-order valence-electron chi connectivity index (χ4n) is 3.40. The summed E-state index contributed by atoms with van der Waals surface area (Å²) in [5.41, 5.74) is 0.464. The number of nitrogens with one attached hydrogen (secondary N) is 1. The monoisotopic (exact) mass is 320 g/mol. The van der Waals surface area contributed by atoms with Gasteiger partial charge in [0.15, 0.2) is 0 Å². The molecule has 1 spiro atoms. The van der Waals surface area contributed by atoms with Crippen LogP contribution in [0.15, 0.2) is 41.4 Å². The number of amides is 1. The van der Waals surface area contributed by atoms with E-state index in [1.807, 2.05) is 6.07 Å². The molecule has 22 heavy (non-hydrogen) atoms. The van der Waals surface area contributed by atoms with Gasteiger partial charge < -0.3 is 5.32 Å². The van der Waals surface area contributed by atoms with Gasteiger partial charge in [0.2, 0.25) is 10.0 Å². The molecule has 1 aromatic carbocycles. The third kappa shape index (κ3) is 2.46. The lowest BCUT2D eigenvalue weighted by Gasteiger charge is -2.40. The lowest BCUT2D eigenvalue weighted by Crippen LogP contribution is -2.50. The molecule has 0 radical (unpaired) electrons. The molecule has 5 nitrogen and oxygen atoms in total. The Labute approximate surface area is 131 Å². The highest BCUT2D eigenvalue weighted by Gasteiger charge is 2.50.